The van der Waals surface area contributed by atoms with E-state index in [0.717, 1.165) is 6.07 Å². The third kappa shape index (κ3) is 5.40. The second-order valence-electron chi connectivity index (χ2n) is 7.93. The van der Waals surface area contributed by atoms with Gasteiger partial charge in [0.05, 0.1) is 16.6 Å². The number of urea groups is 1. The van der Waals surface area contributed by atoms with E-state index >= 15 is 0 Å². The van der Waals surface area contributed by atoms with Crippen molar-refractivity contribution in [3.05, 3.63) is 52.8 Å². The quantitative estimate of drug-likeness (QED) is 0.683. The number of carbonyl (C=O) groups is 3. The molecular weight excluding hydrogens is 467 g/mol. The van der Waals surface area contributed by atoms with Gasteiger partial charge in [-0.15, -0.1) is 0 Å². The van der Waals surface area contributed by atoms with Crippen LogP contribution in [0.25, 0.3) is 0 Å². The van der Waals surface area contributed by atoms with E-state index in [2.05, 4.69) is 10.6 Å². The van der Waals surface area contributed by atoms with Crippen molar-refractivity contribution in [2.24, 2.45) is 0 Å². The Morgan fingerprint density at radius 3 is 2.41 bits per heavy atom. The number of benzene rings is 2. The molecule has 0 aromatic heterocycles. The van der Waals surface area contributed by atoms with Crippen molar-refractivity contribution in [1.29, 1.82) is 0 Å². The highest BCUT2D eigenvalue weighted by Crippen LogP contribution is 2.32. The Hall–Kier alpha value is -3.37. The minimum Gasteiger partial charge on any atom is -0.486 e. The van der Waals surface area contributed by atoms with Crippen molar-refractivity contribution in [2.75, 3.05) is 44.7 Å². The molecule has 180 valence electrons. The minimum absolute atomic E-state index is 0.0594. The van der Waals surface area contributed by atoms with Gasteiger partial charge in [0.2, 0.25) is 5.91 Å². The second-order valence-corrected chi connectivity index (χ2v) is 8.34. The first-order valence-electron chi connectivity index (χ1n) is 10.8. The third-order valence-corrected chi connectivity index (χ3v) is 6.04. The lowest BCUT2D eigenvalue weighted by Gasteiger charge is -2.37. The zero-order valence-corrected chi connectivity index (χ0v) is 19.2. The normalized spacial score (nSPS) is 16.5. The zero-order chi connectivity index (χ0) is 24.2. The minimum atomic E-state index is -0.659. The number of amides is 4. The molecule has 2 aliphatic rings. The number of piperazine rings is 1. The first-order valence-corrected chi connectivity index (χ1v) is 11.2. The number of ether oxygens (including phenoxy) is 2. The highest BCUT2D eigenvalue weighted by molar-refractivity contribution is 6.33. The van der Waals surface area contributed by atoms with E-state index in [1.165, 1.54) is 12.1 Å². The van der Waals surface area contributed by atoms with Crippen LogP contribution in [-0.2, 0) is 4.79 Å². The summed E-state index contributed by atoms with van der Waals surface area (Å²) < 4.78 is 24.2. The maximum absolute atomic E-state index is 13.3. The van der Waals surface area contributed by atoms with E-state index < -0.39 is 23.8 Å². The van der Waals surface area contributed by atoms with Crippen LogP contribution in [-0.4, -0.2) is 73.1 Å². The summed E-state index contributed by atoms with van der Waals surface area (Å²) in [5, 5.41) is 5.01. The number of nitrogens with one attached hydrogen (secondary N) is 2. The van der Waals surface area contributed by atoms with Crippen LogP contribution >= 0.6 is 11.6 Å². The van der Waals surface area contributed by atoms with E-state index in [4.69, 9.17) is 21.1 Å². The number of imide groups is 1. The predicted octanol–water partition coefficient (Wildman–Crippen LogP) is 2.74. The van der Waals surface area contributed by atoms with Crippen LogP contribution in [0, 0.1) is 5.82 Å². The van der Waals surface area contributed by atoms with Crippen molar-refractivity contribution in [1.82, 2.24) is 15.1 Å². The topological polar surface area (TPSA) is 100 Å². The standard InChI is InChI=1S/C23H24ClFN4O5/c1-14(21(30)27-23(32)26-16-3-5-19-20(13-16)34-11-10-33-19)28-6-8-29(9-7-28)22(31)17-4-2-15(25)12-18(17)24/h2-5,12-14H,6-11H2,1H3,(H2,26,27,30,32). The summed E-state index contributed by atoms with van der Waals surface area (Å²) in [6.07, 6.45) is 0. The number of halogens is 2. The van der Waals surface area contributed by atoms with Crippen molar-refractivity contribution in [3.8, 4) is 11.5 Å². The number of fused-ring (bicyclic) bond motifs is 1. The number of hydrogen-bond donors (Lipinski definition) is 2. The lowest BCUT2D eigenvalue weighted by atomic mass is 10.1. The maximum atomic E-state index is 13.3. The number of carbonyl (C=O) groups excluding carboxylic acids is 3. The Morgan fingerprint density at radius 2 is 1.71 bits per heavy atom. The molecule has 2 N–H and O–H groups in total. The molecule has 4 amide bonds. The molecule has 0 saturated carbocycles. The van der Waals surface area contributed by atoms with Gasteiger partial charge in [0.15, 0.2) is 11.5 Å². The Balaban J connectivity index is 1.27. The lowest BCUT2D eigenvalue weighted by molar-refractivity contribution is -0.125. The van der Waals surface area contributed by atoms with Gasteiger partial charge >= 0.3 is 6.03 Å². The van der Waals surface area contributed by atoms with Gasteiger partial charge in [-0.2, -0.15) is 0 Å². The number of rotatable bonds is 4. The van der Waals surface area contributed by atoms with Crippen molar-refractivity contribution in [2.45, 2.75) is 13.0 Å². The monoisotopic (exact) mass is 490 g/mol. The van der Waals surface area contributed by atoms with Gasteiger partial charge in [0, 0.05) is 37.9 Å². The molecule has 2 aromatic rings. The number of nitrogens with zero attached hydrogens (tertiary/aromatic N) is 2. The fourth-order valence-electron chi connectivity index (χ4n) is 3.81. The van der Waals surface area contributed by atoms with Crippen molar-refractivity contribution in [3.63, 3.8) is 0 Å². The molecule has 0 spiro atoms. The molecule has 2 aromatic carbocycles. The van der Waals surface area contributed by atoms with Crippen LogP contribution in [0.4, 0.5) is 14.9 Å². The van der Waals surface area contributed by atoms with Gasteiger partial charge in [0.1, 0.15) is 19.0 Å². The molecule has 1 fully saturated rings. The van der Waals surface area contributed by atoms with E-state index in [9.17, 15) is 18.8 Å². The molecule has 4 rings (SSSR count). The van der Waals surface area contributed by atoms with E-state index in [-0.39, 0.29) is 16.5 Å². The molecular formula is C23H24ClFN4O5. The summed E-state index contributed by atoms with van der Waals surface area (Å²) in [7, 11) is 0. The van der Waals surface area contributed by atoms with Gasteiger partial charge < -0.3 is 19.7 Å². The fraction of sp³-hybridized carbons (Fsp3) is 0.348. The lowest BCUT2D eigenvalue weighted by Crippen LogP contribution is -2.55. The van der Waals surface area contributed by atoms with Gasteiger partial charge in [-0.25, -0.2) is 9.18 Å². The Labute approximate surface area is 200 Å². The first kappa shape index (κ1) is 23.8. The van der Waals surface area contributed by atoms with Crippen molar-refractivity contribution < 1.29 is 28.2 Å². The molecule has 9 nitrogen and oxygen atoms in total. The summed E-state index contributed by atoms with van der Waals surface area (Å²) >= 11 is 6.00. The predicted molar refractivity (Wildman–Crippen MR) is 123 cm³/mol. The zero-order valence-electron chi connectivity index (χ0n) is 18.5. The molecule has 0 aliphatic carbocycles. The van der Waals surface area contributed by atoms with E-state index in [0.29, 0.717) is 56.6 Å². The average molecular weight is 491 g/mol. The Bertz CT molecular complexity index is 1110. The Morgan fingerprint density at radius 1 is 1.00 bits per heavy atom. The second kappa shape index (κ2) is 10.3. The van der Waals surface area contributed by atoms with Crippen LogP contribution in [0.15, 0.2) is 36.4 Å². The number of hydrogen-bond acceptors (Lipinski definition) is 6. The summed E-state index contributed by atoms with van der Waals surface area (Å²) in [5.74, 6) is -0.138. The molecule has 0 radical (unpaired) electrons. The molecule has 0 bridgehead atoms. The molecule has 11 heteroatoms. The molecule has 1 atom stereocenters. The van der Waals surface area contributed by atoms with Crippen LogP contribution in [0.5, 0.6) is 11.5 Å². The molecule has 2 heterocycles. The highest BCUT2D eigenvalue weighted by atomic mass is 35.5. The van der Waals surface area contributed by atoms with Crippen LogP contribution in [0.1, 0.15) is 17.3 Å². The SMILES string of the molecule is CC(C(=O)NC(=O)Nc1ccc2c(c1)OCCO2)N1CCN(C(=O)c2ccc(F)cc2Cl)CC1. The van der Waals surface area contributed by atoms with E-state index in [1.54, 1.807) is 30.0 Å². The van der Waals surface area contributed by atoms with E-state index in [1.807, 2.05) is 4.90 Å². The molecule has 2 aliphatic heterocycles. The summed E-state index contributed by atoms with van der Waals surface area (Å²) in [6.45, 7) is 4.19. The van der Waals surface area contributed by atoms with Gasteiger partial charge in [-0.1, -0.05) is 11.6 Å². The molecule has 1 saturated heterocycles. The summed E-state index contributed by atoms with van der Waals surface area (Å²) in [6, 6.07) is 7.39. The highest BCUT2D eigenvalue weighted by Gasteiger charge is 2.29. The van der Waals surface area contributed by atoms with Crippen LogP contribution in [0.3, 0.4) is 0 Å². The summed E-state index contributed by atoms with van der Waals surface area (Å²) in [4.78, 5) is 41.1. The van der Waals surface area contributed by atoms with Crippen molar-refractivity contribution >= 4 is 35.1 Å². The van der Waals surface area contributed by atoms with Gasteiger partial charge in [-0.3, -0.25) is 19.8 Å². The maximum Gasteiger partial charge on any atom is 0.325 e. The number of anilines is 1. The summed E-state index contributed by atoms with van der Waals surface area (Å²) in [5.41, 5.74) is 0.701. The third-order valence-electron chi connectivity index (χ3n) is 5.73. The average Bonchev–Trinajstić information content (AvgIpc) is 2.83. The first-order chi connectivity index (χ1) is 16.3. The Kier molecular flexibility index (Phi) is 7.18. The fourth-order valence-corrected chi connectivity index (χ4v) is 4.06. The largest absolute Gasteiger partial charge is 0.486 e. The smallest absolute Gasteiger partial charge is 0.325 e. The molecule has 34 heavy (non-hydrogen) atoms. The van der Waals surface area contributed by atoms with Gasteiger partial charge in [0.25, 0.3) is 5.91 Å². The van der Waals surface area contributed by atoms with Gasteiger partial charge in [-0.05, 0) is 37.3 Å². The van der Waals surface area contributed by atoms with Crippen LogP contribution in [0.2, 0.25) is 5.02 Å². The molecule has 1 unspecified atom stereocenters. The van der Waals surface area contributed by atoms with Crippen LogP contribution < -0.4 is 20.1 Å².